The Morgan fingerprint density at radius 2 is 1.67 bits per heavy atom. The van der Waals surface area contributed by atoms with Gasteiger partial charge in [0.25, 0.3) is 5.91 Å². The fourth-order valence-electron chi connectivity index (χ4n) is 3.17. The maximum Gasteiger partial charge on any atom is 0.261 e. The van der Waals surface area contributed by atoms with Crippen LogP contribution in [0.3, 0.4) is 0 Å². The normalized spacial score (nSPS) is 12.2. The number of ether oxygens (including phenoxy) is 1. The highest BCUT2D eigenvalue weighted by Gasteiger charge is 2.25. The Morgan fingerprint density at radius 3 is 2.23 bits per heavy atom. The number of hydrogen-bond donors (Lipinski definition) is 1. The lowest BCUT2D eigenvalue weighted by Gasteiger charge is -2.28. The first-order chi connectivity index (χ1) is 14.2. The molecule has 0 aliphatic heterocycles. The molecule has 0 saturated heterocycles. The molecule has 0 heterocycles. The van der Waals surface area contributed by atoms with Crippen molar-refractivity contribution < 1.29 is 14.3 Å². The number of carbonyl (C=O) groups is 2. The first-order valence-corrected chi connectivity index (χ1v) is 10.6. The Labute approximate surface area is 180 Å². The van der Waals surface area contributed by atoms with E-state index in [1.165, 1.54) is 5.56 Å². The molecule has 0 aromatic heterocycles. The zero-order chi connectivity index (χ0) is 22.1. The van der Waals surface area contributed by atoms with Crippen molar-refractivity contribution in [3.63, 3.8) is 0 Å². The lowest BCUT2D eigenvalue weighted by molar-refractivity contribution is -0.141. The van der Waals surface area contributed by atoms with Crippen molar-refractivity contribution in [1.29, 1.82) is 0 Å². The predicted molar refractivity (Wildman–Crippen MR) is 121 cm³/mol. The van der Waals surface area contributed by atoms with E-state index in [-0.39, 0.29) is 23.8 Å². The number of hydrogen-bond acceptors (Lipinski definition) is 3. The van der Waals surface area contributed by atoms with Crippen molar-refractivity contribution in [3.05, 3.63) is 65.7 Å². The molecular weight excluding hydrogens is 376 g/mol. The van der Waals surface area contributed by atoms with Gasteiger partial charge in [-0.15, -0.1) is 0 Å². The lowest BCUT2D eigenvalue weighted by atomic mass is 9.87. The smallest absolute Gasteiger partial charge is 0.261 e. The Hall–Kier alpha value is -2.82. The third kappa shape index (κ3) is 6.90. The Bertz CT molecular complexity index is 811. The van der Waals surface area contributed by atoms with E-state index in [1.54, 1.807) is 11.8 Å². The molecule has 0 spiro atoms. The molecule has 2 rings (SSSR count). The highest BCUT2D eigenvalue weighted by atomic mass is 16.5. The Kier molecular flexibility index (Phi) is 8.46. The second-order valence-corrected chi connectivity index (χ2v) is 8.46. The first kappa shape index (κ1) is 23.5. The fraction of sp³-hybridized carbons (Fsp3) is 0.440. The number of carbonyl (C=O) groups excluding carboxylic acids is 2. The monoisotopic (exact) mass is 410 g/mol. The van der Waals surface area contributed by atoms with Crippen LogP contribution in [-0.2, 0) is 21.4 Å². The summed E-state index contributed by atoms with van der Waals surface area (Å²) in [5.41, 5.74) is 2.39. The molecule has 0 radical (unpaired) electrons. The highest BCUT2D eigenvalue weighted by Crippen LogP contribution is 2.24. The lowest BCUT2D eigenvalue weighted by Crippen LogP contribution is -2.50. The molecule has 2 amide bonds. The van der Waals surface area contributed by atoms with Gasteiger partial charge in [-0.25, -0.2) is 0 Å². The van der Waals surface area contributed by atoms with Gasteiger partial charge in [-0.3, -0.25) is 9.59 Å². The van der Waals surface area contributed by atoms with Crippen molar-refractivity contribution in [2.75, 3.05) is 19.7 Å². The van der Waals surface area contributed by atoms with Crippen LogP contribution >= 0.6 is 0 Å². The summed E-state index contributed by atoms with van der Waals surface area (Å²) in [6.07, 6.45) is 0.677. The quantitative estimate of drug-likeness (QED) is 0.681. The van der Waals surface area contributed by atoms with E-state index in [9.17, 15) is 9.59 Å². The van der Waals surface area contributed by atoms with Crippen LogP contribution in [-0.4, -0.2) is 42.5 Å². The average Bonchev–Trinajstić information content (AvgIpc) is 2.72. The van der Waals surface area contributed by atoms with E-state index in [1.807, 2.05) is 61.5 Å². The summed E-state index contributed by atoms with van der Waals surface area (Å²) < 4.78 is 5.74. The molecule has 162 valence electrons. The van der Waals surface area contributed by atoms with Gasteiger partial charge >= 0.3 is 0 Å². The van der Waals surface area contributed by atoms with Crippen LogP contribution in [0.15, 0.2) is 54.6 Å². The van der Waals surface area contributed by atoms with Gasteiger partial charge in [-0.2, -0.15) is 0 Å². The Morgan fingerprint density at radius 1 is 1.03 bits per heavy atom. The molecule has 2 aromatic carbocycles. The minimum Gasteiger partial charge on any atom is -0.484 e. The highest BCUT2D eigenvalue weighted by molar-refractivity contribution is 5.87. The van der Waals surface area contributed by atoms with E-state index in [0.717, 1.165) is 5.56 Å². The van der Waals surface area contributed by atoms with Gasteiger partial charge in [0.15, 0.2) is 6.61 Å². The van der Waals surface area contributed by atoms with E-state index in [2.05, 4.69) is 26.1 Å². The summed E-state index contributed by atoms with van der Waals surface area (Å²) in [4.78, 5) is 26.9. The first-order valence-electron chi connectivity index (χ1n) is 10.6. The van der Waals surface area contributed by atoms with Gasteiger partial charge in [-0.05, 0) is 48.9 Å². The number of amides is 2. The molecule has 5 heteroatoms. The summed E-state index contributed by atoms with van der Waals surface area (Å²) in [5, 5.41) is 2.80. The van der Waals surface area contributed by atoms with Crippen molar-refractivity contribution in [2.24, 2.45) is 0 Å². The van der Waals surface area contributed by atoms with Crippen molar-refractivity contribution in [2.45, 2.75) is 52.5 Å². The van der Waals surface area contributed by atoms with Gasteiger partial charge in [0.2, 0.25) is 5.91 Å². The van der Waals surface area contributed by atoms with E-state index in [0.29, 0.717) is 25.3 Å². The maximum atomic E-state index is 12.9. The molecule has 30 heavy (non-hydrogen) atoms. The second-order valence-electron chi connectivity index (χ2n) is 8.46. The molecule has 2 aromatic rings. The summed E-state index contributed by atoms with van der Waals surface area (Å²) >= 11 is 0. The Balaban J connectivity index is 2.04. The standard InChI is InChI=1S/C25H34N2O3/c1-6-26-24(29)19(2)27(17-16-20-10-8-7-9-11-20)23(28)18-30-22-14-12-21(13-15-22)25(3,4)5/h7-15,19H,6,16-18H2,1-5H3,(H,26,29)/t19-/m1/s1. The van der Waals surface area contributed by atoms with Gasteiger partial charge in [0.05, 0.1) is 0 Å². The molecule has 0 saturated carbocycles. The van der Waals surface area contributed by atoms with Gasteiger partial charge < -0.3 is 15.0 Å². The van der Waals surface area contributed by atoms with Crippen LogP contribution in [0.5, 0.6) is 5.75 Å². The minimum atomic E-state index is -0.562. The van der Waals surface area contributed by atoms with E-state index >= 15 is 0 Å². The third-order valence-electron chi connectivity index (χ3n) is 5.09. The topological polar surface area (TPSA) is 58.6 Å². The molecule has 0 fully saturated rings. The van der Waals surface area contributed by atoms with Gasteiger partial charge in [-0.1, -0.05) is 63.2 Å². The number of rotatable bonds is 9. The van der Waals surface area contributed by atoms with Crippen LogP contribution < -0.4 is 10.1 Å². The number of nitrogens with zero attached hydrogens (tertiary/aromatic N) is 1. The van der Waals surface area contributed by atoms with Crippen molar-refractivity contribution in [1.82, 2.24) is 10.2 Å². The molecule has 0 aliphatic carbocycles. The molecule has 0 aliphatic rings. The summed E-state index contributed by atoms with van der Waals surface area (Å²) in [6.45, 7) is 11.0. The molecule has 0 unspecified atom stereocenters. The van der Waals surface area contributed by atoms with E-state index < -0.39 is 6.04 Å². The zero-order valence-electron chi connectivity index (χ0n) is 18.8. The summed E-state index contributed by atoms with van der Waals surface area (Å²) in [5.74, 6) is 0.281. The average molecular weight is 411 g/mol. The summed E-state index contributed by atoms with van der Waals surface area (Å²) in [6, 6.07) is 17.2. The summed E-state index contributed by atoms with van der Waals surface area (Å²) in [7, 11) is 0. The number of benzene rings is 2. The van der Waals surface area contributed by atoms with E-state index in [4.69, 9.17) is 4.74 Å². The second kappa shape index (κ2) is 10.8. The zero-order valence-corrected chi connectivity index (χ0v) is 18.8. The molecule has 1 atom stereocenters. The fourth-order valence-corrected chi connectivity index (χ4v) is 3.17. The molecule has 1 N–H and O–H groups in total. The van der Waals surface area contributed by atoms with Crippen molar-refractivity contribution >= 4 is 11.8 Å². The minimum absolute atomic E-state index is 0.0602. The van der Waals surface area contributed by atoms with Crippen LogP contribution in [0.4, 0.5) is 0 Å². The van der Waals surface area contributed by atoms with Crippen LogP contribution in [0.1, 0.15) is 45.7 Å². The third-order valence-corrected chi connectivity index (χ3v) is 5.09. The van der Waals surface area contributed by atoms with Crippen LogP contribution in [0.2, 0.25) is 0 Å². The number of nitrogens with one attached hydrogen (secondary N) is 1. The molecule has 0 bridgehead atoms. The van der Waals surface area contributed by atoms with Crippen molar-refractivity contribution in [3.8, 4) is 5.75 Å². The SMILES string of the molecule is CCNC(=O)[C@@H](C)N(CCc1ccccc1)C(=O)COc1ccc(C(C)(C)C)cc1. The van der Waals surface area contributed by atoms with Crippen LogP contribution in [0, 0.1) is 0 Å². The van der Waals surface area contributed by atoms with Gasteiger partial charge in [0, 0.05) is 13.1 Å². The van der Waals surface area contributed by atoms with Gasteiger partial charge in [0.1, 0.15) is 11.8 Å². The molecular formula is C25H34N2O3. The maximum absolute atomic E-state index is 12.9. The largest absolute Gasteiger partial charge is 0.484 e. The van der Waals surface area contributed by atoms with Crippen LogP contribution in [0.25, 0.3) is 0 Å². The molecule has 5 nitrogen and oxygen atoms in total. The predicted octanol–water partition coefficient (Wildman–Crippen LogP) is 3.96. The number of likely N-dealkylation sites (N-methyl/N-ethyl adjacent to an activating group) is 1.